The highest BCUT2D eigenvalue weighted by Crippen LogP contribution is 2.26. The first-order valence-corrected chi connectivity index (χ1v) is 6.84. The molecular formula is C15H25Cl2N3O. The molecule has 2 atom stereocenters. The van der Waals surface area contributed by atoms with Crippen LogP contribution >= 0.6 is 24.8 Å². The van der Waals surface area contributed by atoms with E-state index < -0.39 is 0 Å². The van der Waals surface area contributed by atoms with E-state index >= 15 is 0 Å². The summed E-state index contributed by atoms with van der Waals surface area (Å²) in [5, 5.41) is 0. The number of halogens is 2. The van der Waals surface area contributed by atoms with Crippen LogP contribution < -0.4 is 10.6 Å². The number of rotatable bonds is 2. The summed E-state index contributed by atoms with van der Waals surface area (Å²) in [4.78, 5) is 16.7. The van der Waals surface area contributed by atoms with Gasteiger partial charge >= 0.3 is 0 Å². The molecule has 1 aromatic rings. The summed E-state index contributed by atoms with van der Waals surface area (Å²) >= 11 is 0. The van der Waals surface area contributed by atoms with Crippen LogP contribution in [0.2, 0.25) is 0 Å². The fraction of sp³-hybridized carbons (Fsp3) is 0.533. The van der Waals surface area contributed by atoms with Gasteiger partial charge in [-0.05, 0) is 25.6 Å². The van der Waals surface area contributed by atoms with Crippen molar-refractivity contribution in [2.45, 2.75) is 26.4 Å². The van der Waals surface area contributed by atoms with Crippen LogP contribution in [0.1, 0.15) is 19.4 Å². The third-order valence-corrected chi connectivity index (χ3v) is 3.87. The van der Waals surface area contributed by atoms with Crippen molar-refractivity contribution in [3.8, 4) is 0 Å². The number of hydrogen-bond donors (Lipinski definition) is 1. The minimum atomic E-state index is -0.156. The summed E-state index contributed by atoms with van der Waals surface area (Å²) < 4.78 is 0. The van der Waals surface area contributed by atoms with Crippen molar-refractivity contribution in [1.29, 1.82) is 0 Å². The van der Waals surface area contributed by atoms with Crippen LogP contribution in [0.4, 0.5) is 5.69 Å². The van der Waals surface area contributed by atoms with Crippen LogP contribution in [0.5, 0.6) is 0 Å². The second-order valence-electron chi connectivity index (χ2n) is 5.50. The quantitative estimate of drug-likeness (QED) is 0.903. The van der Waals surface area contributed by atoms with Crippen molar-refractivity contribution in [1.82, 2.24) is 4.90 Å². The van der Waals surface area contributed by atoms with Crippen LogP contribution in [0.3, 0.4) is 0 Å². The molecule has 1 amide bonds. The Balaban J connectivity index is 0.00000200. The smallest absolute Gasteiger partial charge is 0.231 e. The number of benzene rings is 1. The second kappa shape index (κ2) is 8.59. The normalized spacial score (nSPS) is 17.6. The highest BCUT2D eigenvalue weighted by molar-refractivity contribution is 5.96. The van der Waals surface area contributed by atoms with Gasteiger partial charge < -0.3 is 15.5 Å². The van der Waals surface area contributed by atoms with Crippen molar-refractivity contribution in [2.24, 2.45) is 11.7 Å². The standard InChI is InChI=1S/C15H23N3O.2ClH/c1-11(12(2)16)15(19)18-9-8-17(3)10-13-6-4-5-7-14(13)18;;/h4-7,11-12H,8-10,16H2,1-3H3;2*1H. The predicted molar refractivity (Wildman–Crippen MR) is 92.4 cm³/mol. The highest BCUT2D eigenvalue weighted by Gasteiger charge is 2.27. The molecular weight excluding hydrogens is 309 g/mol. The van der Waals surface area contributed by atoms with E-state index in [0.29, 0.717) is 0 Å². The number of nitrogens with zero attached hydrogens (tertiary/aromatic N) is 2. The number of anilines is 1. The molecule has 120 valence electrons. The van der Waals surface area contributed by atoms with E-state index in [-0.39, 0.29) is 42.7 Å². The molecule has 2 N–H and O–H groups in total. The molecule has 0 saturated heterocycles. The summed E-state index contributed by atoms with van der Waals surface area (Å²) in [7, 11) is 2.08. The summed E-state index contributed by atoms with van der Waals surface area (Å²) in [6, 6.07) is 8.01. The molecule has 1 aliphatic rings. The van der Waals surface area contributed by atoms with Gasteiger partial charge in [0.05, 0.1) is 5.92 Å². The Morgan fingerprint density at radius 1 is 1.19 bits per heavy atom. The number of carbonyl (C=O) groups is 1. The number of hydrogen-bond acceptors (Lipinski definition) is 3. The molecule has 2 rings (SSSR count). The van der Waals surface area contributed by atoms with E-state index in [9.17, 15) is 4.79 Å². The molecule has 1 aliphatic heterocycles. The number of amides is 1. The van der Waals surface area contributed by atoms with Gasteiger partial charge in [0.2, 0.25) is 5.91 Å². The van der Waals surface area contributed by atoms with Crippen LogP contribution in [0.15, 0.2) is 24.3 Å². The summed E-state index contributed by atoms with van der Waals surface area (Å²) in [6.07, 6.45) is 0. The Labute approximate surface area is 139 Å². The number of carbonyl (C=O) groups excluding carboxylic acids is 1. The fourth-order valence-electron chi connectivity index (χ4n) is 2.37. The molecule has 1 heterocycles. The van der Waals surface area contributed by atoms with Crippen LogP contribution in [-0.4, -0.2) is 37.0 Å². The maximum absolute atomic E-state index is 12.6. The summed E-state index contributed by atoms with van der Waals surface area (Å²) in [6.45, 7) is 6.28. The highest BCUT2D eigenvalue weighted by atomic mass is 35.5. The zero-order valence-electron chi connectivity index (χ0n) is 12.8. The molecule has 0 aromatic heterocycles. The third kappa shape index (κ3) is 4.58. The van der Waals surface area contributed by atoms with Crippen molar-refractivity contribution in [3.63, 3.8) is 0 Å². The lowest BCUT2D eigenvalue weighted by molar-refractivity contribution is -0.122. The number of para-hydroxylation sites is 1. The summed E-state index contributed by atoms with van der Waals surface area (Å²) in [5.41, 5.74) is 8.11. The lowest BCUT2D eigenvalue weighted by Crippen LogP contribution is -2.43. The Hall–Kier alpha value is -0.810. The molecule has 0 saturated carbocycles. The van der Waals surface area contributed by atoms with Gasteiger partial charge in [-0.3, -0.25) is 4.79 Å². The van der Waals surface area contributed by atoms with E-state index in [1.807, 2.05) is 36.9 Å². The van der Waals surface area contributed by atoms with Crippen molar-refractivity contribution in [2.75, 3.05) is 25.0 Å². The molecule has 0 radical (unpaired) electrons. The van der Waals surface area contributed by atoms with Gasteiger partial charge in [-0.25, -0.2) is 0 Å². The zero-order valence-corrected chi connectivity index (χ0v) is 14.4. The first-order chi connectivity index (χ1) is 9.00. The lowest BCUT2D eigenvalue weighted by atomic mass is 10.0. The monoisotopic (exact) mass is 333 g/mol. The minimum Gasteiger partial charge on any atom is -0.327 e. The average Bonchev–Trinajstić information content (AvgIpc) is 2.55. The molecule has 0 aliphatic carbocycles. The van der Waals surface area contributed by atoms with Gasteiger partial charge in [0.25, 0.3) is 0 Å². The molecule has 6 heteroatoms. The Kier molecular flexibility index (Phi) is 8.26. The van der Waals surface area contributed by atoms with E-state index in [1.54, 1.807) is 0 Å². The predicted octanol–water partition coefficient (Wildman–Crippen LogP) is 2.29. The largest absolute Gasteiger partial charge is 0.327 e. The average molecular weight is 334 g/mol. The molecule has 0 fully saturated rings. The van der Waals surface area contributed by atoms with Crippen molar-refractivity contribution in [3.05, 3.63) is 29.8 Å². The van der Waals surface area contributed by atoms with E-state index in [4.69, 9.17) is 5.73 Å². The first kappa shape index (κ1) is 20.2. The van der Waals surface area contributed by atoms with Gasteiger partial charge in [-0.15, -0.1) is 24.8 Å². The minimum absolute atomic E-state index is 0. The molecule has 0 spiro atoms. The summed E-state index contributed by atoms with van der Waals surface area (Å²) in [5.74, 6) is -0.0331. The molecule has 2 unspecified atom stereocenters. The number of nitrogens with two attached hydrogens (primary N) is 1. The van der Waals surface area contributed by atoms with Crippen molar-refractivity contribution >= 4 is 36.4 Å². The number of fused-ring (bicyclic) bond motifs is 1. The fourth-order valence-corrected chi connectivity index (χ4v) is 2.37. The van der Waals surface area contributed by atoms with Crippen LogP contribution in [-0.2, 0) is 11.3 Å². The van der Waals surface area contributed by atoms with Gasteiger partial charge in [0, 0.05) is 31.4 Å². The van der Waals surface area contributed by atoms with Gasteiger partial charge in [0.1, 0.15) is 0 Å². The van der Waals surface area contributed by atoms with E-state index in [1.165, 1.54) is 5.56 Å². The maximum atomic E-state index is 12.6. The van der Waals surface area contributed by atoms with Gasteiger partial charge in [0.15, 0.2) is 0 Å². The van der Waals surface area contributed by atoms with Crippen molar-refractivity contribution < 1.29 is 4.79 Å². The molecule has 4 nitrogen and oxygen atoms in total. The molecule has 21 heavy (non-hydrogen) atoms. The van der Waals surface area contributed by atoms with Gasteiger partial charge in [-0.2, -0.15) is 0 Å². The number of likely N-dealkylation sites (N-methyl/N-ethyl adjacent to an activating group) is 1. The SMILES string of the molecule is CC(N)C(C)C(=O)N1CCN(C)Cc2ccccc21.Cl.Cl. The third-order valence-electron chi connectivity index (χ3n) is 3.87. The second-order valence-corrected chi connectivity index (χ2v) is 5.50. The van der Waals surface area contributed by atoms with Gasteiger partial charge in [-0.1, -0.05) is 25.1 Å². The van der Waals surface area contributed by atoms with Crippen LogP contribution in [0, 0.1) is 5.92 Å². The Bertz CT molecular complexity index is 468. The Morgan fingerprint density at radius 2 is 1.81 bits per heavy atom. The van der Waals surface area contributed by atoms with E-state index in [0.717, 1.165) is 25.3 Å². The Morgan fingerprint density at radius 3 is 2.43 bits per heavy atom. The van der Waals surface area contributed by atoms with Crippen LogP contribution in [0.25, 0.3) is 0 Å². The molecule has 1 aromatic carbocycles. The van der Waals surface area contributed by atoms with E-state index in [2.05, 4.69) is 18.0 Å². The molecule has 0 bridgehead atoms. The maximum Gasteiger partial charge on any atom is 0.231 e. The topological polar surface area (TPSA) is 49.6 Å². The first-order valence-electron chi connectivity index (χ1n) is 6.84. The lowest BCUT2D eigenvalue weighted by Gasteiger charge is -2.27. The zero-order chi connectivity index (χ0) is 14.0.